The fourth-order valence-electron chi connectivity index (χ4n) is 0.663. The molecule has 0 spiro atoms. The predicted octanol–water partition coefficient (Wildman–Crippen LogP) is 0.712. The number of hydrogen-bond donors (Lipinski definition) is 0. The summed E-state index contributed by atoms with van der Waals surface area (Å²) in [6.45, 7) is 1.91. The molecule has 1 heterocycles. The molecule has 1 fully saturated rings. The van der Waals surface area contributed by atoms with Crippen molar-refractivity contribution in [2.24, 2.45) is 0 Å². The highest BCUT2D eigenvalue weighted by atomic mass is 16.6. The molecule has 40 valence electrons. The van der Waals surface area contributed by atoms with Gasteiger partial charge < -0.3 is 4.74 Å². The molecule has 1 atom stereocenters. The fourth-order valence-corrected chi connectivity index (χ4v) is 0.663. The van der Waals surface area contributed by atoms with Gasteiger partial charge in [0.15, 0.2) is 0 Å². The minimum atomic E-state index is -0.0486. The van der Waals surface area contributed by atoms with Crippen LogP contribution in [0.2, 0.25) is 0 Å². The first kappa shape index (κ1) is 4.62. The molecule has 7 heavy (non-hydrogen) atoms. The molecule has 1 aliphatic rings. The van der Waals surface area contributed by atoms with Gasteiger partial charge in [0, 0.05) is 6.42 Å². The van der Waals surface area contributed by atoms with Crippen molar-refractivity contribution < 1.29 is 9.53 Å². The van der Waals surface area contributed by atoms with E-state index in [1.165, 1.54) is 0 Å². The first-order chi connectivity index (χ1) is 3.29. The Morgan fingerprint density at radius 1 is 1.86 bits per heavy atom. The Hall–Kier alpha value is -0.530. The quantitative estimate of drug-likeness (QED) is 0.332. The van der Waals surface area contributed by atoms with Crippen LogP contribution in [0, 0.1) is 0 Å². The van der Waals surface area contributed by atoms with Crippen LogP contribution in [-0.4, -0.2) is 12.1 Å². The molecule has 0 aromatic carbocycles. The molecule has 2 heteroatoms. The highest BCUT2D eigenvalue weighted by molar-refractivity contribution is 5.71. The van der Waals surface area contributed by atoms with Crippen LogP contribution in [0.5, 0.6) is 0 Å². The van der Waals surface area contributed by atoms with Crippen LogP contribution in [0.15, 0.2) is 0 Å². The molecule has 0 unspecified atom stereocenters. The zero-order valence-electron chi connectivity index (χ0n) is 4.31. The highest BCUT2D eigenvalue weighted by Crippen LogP contribution is 2.11. The second-order valence-corrected chi connectivity index (χ2v) is 1.84. The third-order valence-corrected chi connectivity index (χ3v) is 1.09. The maximum Gasteiger partial charge on any atom is 0.306 e. The van der Waals surface area contributed by atoms with E-state index in [0.717, 1.165) is 6.42 Å². The lowest BCUT2D eigenvalue weighted by Crippen LogP contribution is -1.98. The summed E-state index contributed by atoms with van der Waals surface area (Å²) >= 11 is 0. The van der Waals surface area contributed by atoms with E-state index in [4.69, 9.17) is 4.74 Å². The van der Waals surface area contributed by atoms with Crippen molar-refractivity contribution in [3.8, 4) is 0 Å². The Kier molecular flexibility index (Phi) is 1.01. The van der Waals surface area contributed by atoms with Crippen molar-refractivity contribution in [2.75, 3.05) is 0 Å². The largest absolute Gasteiger partial charge is 0.463 e. The molecule has 0 saturated carbocycles. The molecule has 0 radical (unpaired) electrons. The molecule has 0 aliphatic carbocycles. The lowest BCUT2D eigenvalue weighted by Gasteiger charge is -1.95. The maximum atomic E-state index is 10.2. The van der Waals surface area contributed by atoms with E-state index in [1.54, 1.807) is 0 Å². The van der Waals surface area contributed by atoms with Crippen LogP contribution >= 0.6 is 0 Å². The van der Waals surface area contributed by atoms with Crippen molar-refractivity contribution in [3.63, 3.8) is 0 Å². The molecule has 1 rings (SSSR count). The predicted molar refractivity (Wildman–Crippen MR) is 24.8 cm³/mol. The molecular formula is C5H8O2. The third-order valence-electron chi connectivity index (χ3n) is 1.09. The fraction of sp³-hybridized carbons (Fsp3) is 0.800. The summed E-state index contributed by atoms with van der Waals surface area (Å²) in [6, 6.07) is 0. The van der Waals surface area contributed by atoms with Gasteiger partial charge in [-0.25, -0.2) is 0 Å². The number of hydrogen-bond acceptors (Lipinski definition) is 2. The zero-order chi connectivity index (χ0) is 5.28. The van der Waals surface area contributed by atoms with Gasteiger partial charge >= 0.3 is 5.97 Å². The summed E-state index contributed by atoms with van der Waals surface area (Å²) < 4.78 is 4.72. The maximum absolute atomic E-state index is 10.2. The average Bonchev–Trinajstić information content (AvgIpc) is 1.87. The van der Waals surface area contributed by atoms with Crippen LogP contribution in [0.25, 0.3) is 0 Å². The van der Waals surface area contributed by atoms with Gasteiger partial charge in [0.25, 0.3) is 0 Å². The van der Waals surface area contributed by atoms with Crippen LogP contribution in [0.3, 0.4) is 0 Å². The summed E-state index contributed by atoms with van der Waals surface area (Å²) in [6.07, 6.45) is 1.69. The molecule has 0 aromatic heterocycles. The zero-order valence-corrected chi connectivity index (χ0v) is 4.31. The smallest absolute Gasteiger partial charge is 0.306 e. The van der Waals surface area contributed by atoms with E-state index >= 15 is 0 Å². The van der Waals surface area contributed by atoms with Gasteiger partial charge in [-0.2, -0.15) is 0 Å². The Balaban J connectivity index is 2.40. The first-order valence-corrected chi connectivity index (χ1v) is 2.48. The van der Waals surface area contributed by atoms with Crippen LogP contribution in [-0.2, 0) is 9.53 Å². The Bertz CT molecular complexity index is 88.1. The first-order valence-electron chi connectivity index (χ1n) is 2.48. The normalized spacial score (nSPS) is 30.4. The van der Waals surface area contributed by atoms with Crippen LogP contribution < -0.4 is 0 Å². The summed E-state index contributed by atoms with van der Waals surface area (Å²) in [5, 5.41) is 0. The monoisotopic (exact) mass is 101 g/mol. The van der Waals surface area contributed by atoms with Gasteiger partial charge in [-0.15, -0.1) is 0 Å². The highest BCUT2D eigenvalue weighted by Gasteiger charge is 2.17. The number of cyclic esters (lactones) is 1. The molecular weight excluding hydrogens is 93.0 g/mol. The second kappa shape index (κ2) is 1.52. The van der Waals surface area contributed by atoms with Crippen molar-refractivity contribution in [2.45, 2.75) is 25.9 Å². The van der Waals surface area contributed by atoms with Crippen molar-refractivity contribution in [1.29, 1.82) is 0 Å². The van der Waals surface area contributed by atoms with Crippen molar-refractivity contribution in [3.05, 3.63) is 0 Å². The summed E-state index contributed by atoms with van der Waals surface area (Å²) in [4.78, 5) is 10.2. The van der Waals surface area contributed by atoms with Gasteiger partial charge in [-0.1, -0.05) is 0 Å². The van der Waals surface area contributed by atoms with Gasteiger partial charge in [0.1, 0.15) is 0 Å². The van der Waals surface area contributed by atoms with E-state index in [9.17, 15) is 4.79 Å². The standard InChI is InChI=1S/C5H8O2/c1-4-2-3-5(6)7-4/h4H,2-3H2,1H3/t4-/m0/s1/i5+1. The Morgan fingerprint density at radius 2 is 2.57 bits per heavy atom. The Labute approximate surface area is 42.5 Å². The second-order valence-electron chi connectivity index (χ2n) is 1.84. The van der Waals surface area contributed by atoms with E-state index < -0.39 is 0 Å². The molecule has 1 aliphatic heterocycles. The molecule has 2 nitrogen and oxygen atoms in total. The molecule has 0 bridgehead atoms. The number of carbonyl (C=O) groups is 1. The minimum absolute atomic E-state index is 0.0486. The van der Waals surface area contributed by atoms with Crippen molar-refractivity contribution in [1.82, 2.24) is 0 Å². The van der Waals surface area contributed by atoms with Crippen LogP contribution in [0.1, 0.15) is 19.8 Å². The van der Waals surface area contributed by atoms with Gasteiger partial charge in [0.05, 0.1) is 6.10 Å². The number of esters is 1. The van der Waals surface area contributed by atoms with E-state index in [0.29, 0.717) is 6.42 Å². The average molecular weight is 101 g/mol. The number of ether oxygens (including phenoxy) is 1. The lowest BCUT2D eigenvalue weighted by molar-refractivity contribution is -0.140. The molecule has 0 N–H and O–H groups in total. The number of rotatable bonds is 0. The minimum Gasteiger partial charge on any atom is -0.463 e. The van der Waals surface area contributed by atoms with Crippen molar-refractivity contribution >= 4 is 5.97 Å². The molecule has 0 aromatic rings. The Morgan fingerprint density at radius 3 is 2.71 bits per heavy atom. The van der Waals surface area contributed by atoms with Gasteiger partial charge in [-0.05, 0) is 13.3 Å². The summed E-state index contributed by atoms with van der Waals surface area (Å²) in [5.74, 6) is -0.0486. The number of carbonyl (C=O) groups excluding carboxylic acids is 1. The van der Waals surface area contributed by atoms with Gasteiger partial charge in [-0.3, -0.25) is 4.79 Å². The van der Waals surface area contributed by atoms with E-state index in [1.807, 2.05) is 6.92 Å². The topological polar surface area (TPSA) is 26.3 Å². The summed E-state index contributed by atoms with van der Waals surface area (Å²) in [5.41, 5.74) is 0. The lowest BCUT2D eigenvalue weighted by atomic mass is 10.3. The van der Waals surface area contributed by atoms with Gasteiger partial charge in [0.2, 0.25) is 0 Å². The summed E-state index contributed by atoms with van der Waals surface area (Å²) in [7, 11) is 0. The SMILES string of the molecule is C[C@H]1CC[13C](=O)O1. The van der Waals surface area contributed by atoms with E-state index in [-0.39, 0.29) is 12.1 Å². The van der Waals surface area contributed by atoms with Crippen LogP contribution in [0.4, 0.5) is 0 Å². The third kappa shape index (κ3) is 0.918. The molecule has 1 saturated heterocycles. The molecule has 0 amide bonds. The van der Waals surface area contributed by atoms with E-state index in [2.05, 4.69) is 0 Å².